The van der Waals surface area contributed by atoms with E-state index in [1.807, 2.05) is 32.0 Å². The fraction of sp³-hybridized carbons (Fsp3) is 0.440. The molecule has 8 nitrogen and oxygen atoms in total. The molecule has 0 aromatic heterocycles. The quantitative estimate of drug-likeness (QED) is 0.489. The topological polar surface area (TPSA) is 90.0 Å². The van der Waals surface area contributed by atoms with E-state index >= 15 is 0 Å². The summed E-state index contributed by atoms with van der Waals surface area (Å²) in [6, 6.07) is 11.6. The minimum atomic E-state index is -4.00. The normalized spacial score (nSPS) is 12.3. The molecule has 10 heteroatoms. The zero-order chi connectivity index (χ0) is 26.3. The van der Waals surface area contributed by atoms with Crippen LogP contribution in [0.25, 0.3) is 0 Å². The molecule has 2 amide bonds. The molecule has 35 heavy (non-hydrogen) atoms. The molecular formula is C25H35ClN4O4S. The van der Waals surface area contributed by atoms with Crippen LogP contribution in [-0.2, 0) is 26.3 Å². The van der Waals surface area contributed by atoms with Crippen molar-refractivity contribution >= 4 is 39.3 Å². The average Bonchev–Trinajstić information content (AvgIpc) is 2.80. The maximum absolute atomic E-state index is 13.7. The Morgan fingerprint density at radius 3 is 2.37 bits per heavy atom. The number of hydrogen-bond donors (Lipinski definition) is 1. The van der Waals surface area contributed by atoms with Crippen LogP contribution in [0.2, 0.25) is 5.02 Å². The van der Waals surface area contributed by atoms with Crippen LogP contribution in [0.3, 0.4) is 0 Å². The predicted octanol–water partition coefficient (Wildman–Crippen LogP) is 3.51. The molecular weight excluding hydrogens is 488 g/mol. The van der Waals surface area contributed by atoms with Crippen LogP contribution >= 0.6 is 11.6 Å². The monoisotopic (exact) mass is 522 g/mol. The predicted molar refractivity (Wildman–Crippen MR) is 141 cm³/mol. The second kappa shape index (κ2) is 12.4. The van der Waals surface area contributed by atoms with Crippen molar-refractivity contribution in [1.82, 2.24) is 14.5 Å². The lowest BCUT2D eigenvalue weighted by atomic mass is 10.1. The molecule has 0 unspecified atom stereocenters. The van der Waals surface area contributed by atoms with E-state index in [2.05, 4.69) is 5.32 Å². The van der Waals surface area contributed by atoms with Crippen LogP contribution in [0.15, 0.2) is 42.5 Å². The van der Waals surface area contributed by atoms with Gasteiger partial charge in [0.2, 0.25) is 11.8 Å². The van der Waals surface area contributed by atoms with E-state index in [0.717, 1.165) is 26.2 Å². The third-order valence-corrected chi connectivity index (χ3v) is 7.65. The zero-order valence-corrected chi connectivity index (χ0v) is 22.8. The molecule has 2 aromatic rings. The molecule has 0 fully saturated rings. The minimum Gasteiger partial charge on any atom is -0.354 e. The van der Waals surface area contributed by atoms with Crippen molar-refractivity contribution in [3.63, 3.8) is 0 Å². The van der Waals surface area contributed by atoms with Gasteiger partial charge in [0.1, 0.15) is 12.6 Å². The van der Waals surface area contributed by atoms with E-state index in [0.29, 0.717) is 22.8 Å². The highest BCUT2D eigenvalue weighted by Gasteiger charge is 2.33. The molecule has 2 rings (SSSR count). The molecule has 0 spiro atoms. The van der Waals surface area contributed by atoms with E-state index in [1.165, 1.54) is 19.0 Å². The van der Waals surface area contributed by atoms with Crippen LogP contribution in [0, 0.1) is 13.8 Å². The fourth-order valence-corrected chi connectivity index (χ4v) is 4.83. The number of aryl methyl sites for hydroxylation is 2. The maximum Gasteiger partial charge on any atom is 0.304 e. The Morgan fingerprint density at radius 1 is 1.09 bits per heavy atom. The highest BCUT2D eigenvalue weighted by atomic mass is 35.5. The van der Waals surface area contributed by atoms with Gasteiger partial charge < -0.3 is 10.2 Å². The molecule has 0 radical (unpaired) electrons. The number of anilines is 1. The first kappa shape index (κ1) is 28.6. The smallest absolute Gasteiger partial charge is 0.304 e. The molecule has 0 saturated heterocycles. The number of carbonyl (C=O) groups is 2. The van der Waals surface area contributed by atoms with Gasteiger partial charge in [-0.3, -0.25) is 9.59 Å². The van der Waals surface area contributed by atoms with Crippen LogP contribution in [0.4, 0.5) is 5.69 Å². The molecule has 0 aliphatic heterocycles. The third-order valence-electron chi connectivity index (χ3n) is 5.61. The van der Waals surface area contributed by atoms with Crippen molar-refractivity contribution < 1.29 is 18.0 Å². The van der Waals surface area contributed by atoms with Gasteiger partial charge >= 0.3 is 10.2 Å². The summed E-state index contributed by atoms with van der Waals surface area (Å²) in [5.41, 5.74) is 2.72. The van der Waals surface area contributed by atoms with Crippen LogP contribution < -0.4 is 9.62 Å². The van der Waals surface area contributed by atoms with Crippen molar-refractivity contribution in [3.8, 4) is 0 Å². The lowest BCUT2D eigenvalue weighted by Gasteiger charge is -2.33. The van der Waals surface area contributed by atoms with Gasteiger partial charge in [-0.25, -0.2) is 4.31 Å². The number of amides is 2. The molecule has 192 valence electrons. The number of nitrogens with zero attached hydrogens (tertiary/aromatic N) is 3. The molecule has 1 N–H and O–H groups in total. The summed E-state index contributed by atoms with van der Waals surface area (Å²) in [5, 5.41) is 3.32. The van der Waals surface area contributed by atoms with Gasteiger partial charge in [-0.1, -0.05) is 42.8 Å². The van der Waals surface area contributed by atoms with Crippen molar-refractivity contribution in [2.24, 2.45) is 0 Å². The average molecular weight is 523 g/mol. The lowest BCUT2D eigenvalue weighted by molar-refractivity contribution is -0.139. The Balaban J connectivity index is 2.49. The molecule has 0 heterocycles. The number of halogens is 1. The number of hydrogen-bond acceptors (Lipinski definition) is 4. The Bertz CT molecular complexity index is 1150. The fourth-order valence-electron chi connectivity index (χ4n) is 3.50. The van der Waals surface area contributed by atoms with Crippen molar-refractivity contribution in [2.45, 2.75) is 46.7 Å². The Kier molecular flexibility index (Phi) is 10.1. The molecule has 0 saturated carbocycles. The van der Waals surface area contributed by atoms with Gasteiger partial charge in [-0.15, -0.1) is 0 Å². The Morgan fingerprint density at radius 2 is 1.77 bits per heavy atom. The molecule has 2 aromatic carbocycles. The SMILES string of the molecule is CCCNC(=O)[C@@H](C)N(Cc1cccc(Cl)c1)C(=O)CN(c1cc(C)ccc1C)S(=O)(=O)N(C)C. The third kappa shape index (κ3) is 7.43. The summed E-state index contributed by atoms with van der Waals surface area (Å²) in [7, 11) is -1.16. The standard InChI is InChI=1S/C25H35ClN4O4S/c1-7-13-27-25(32)20(4)29(16-21-9-8-10-22(26)15-21)24(31)17-30(35(33,34)28(5)6)23-14-18(2)11-12-19(23)3/h8-12,14-15,20H,7,13,16-17H2,1-6H3,(H,27,32)/t20-/m1/s1. The van der Waals surface area contributed by atoms with Gasteiger partial charge in [-0.05, 0) is 62.1 Å². The van der Waals surface area contributed by atoms with Crippen molar-refractivity contribution in [1.29, 1.82) is 0 Å². The first-order valence-electron chi connectivity index (χ1n) is 11.5. The number of rotatable bonds is 11. The summed E-state index contributed by atoms with van der Waals surface area (Å²) < 4.78 is 28.7. The summed E-state index contributed by atoms with van der Waals surface area (Å²) in [6.45, 7) is 7.34. The minimum absolute atomic E-state index is 0.1000. The first-order valence-corrected chi connectivity index (χ1v) is 13.2. The molecule has 0 bridgehead atoms. The van der Waals surface area contributed by atoms with E-state index in [1.54, 1.807) is 38.1 Å². The maximum atomic E-state index is 13.7. The number of nitrogens with one attached hydrogen (secondary N) is 1. The Hall–Kier alpha value is -2.62. The van der Waals surface area contributed by atoms with E-state index < -0.39 is 28.7 Å². The number of benzene rings is 2. The van der Waals surface area contributed by atoms with Crippen LogP contribution in [0.1, 0.15) is 37.0 Å². The molecule has 0 aliphatic carbocycles. The summed E-state index contributed by atoms with van der Waals surface area (Å²) in [4.78, 5) is 27.9. The molecule has 0 aliphatic rings. The van der Waals surface area contributed by atoms with Gasteiger partial charge in [0.15, 0.2) is 0 Å². The van der Waals surface area contributed by atoms with Gasteiger partial charge in [-0.2, -0.15) is 12.7 Å². The van der Waals surface area contributed by atoms with Crippen molar-refractivity contribution in [3.05, 3.63) is 64.2 Å². The van der Waals surface area contributed by atoms with Crippen molar-refractivity contribution in [2.75, 3.05) is 31.5 Å². The van der Waals surface area contributed by atoms with Gasteiger partial charge in [0.05, 0.1) is 5.69 Å². The molecule has 1 atom stereocenters. The highest BCUT2D eigenvalue weighted by molar-refractivity contribution is 7.90. The summed E-state index contributed by atoms with van der Waals surface area (Å²) >= 11 is 6.13. The second-order valence-corrected chi connectivity index (χ2v) is 11.2. The zero-order valence-electron chi connectivity index (χ0n) is 21.2. The van der Waals surface area contributed by atoms with Crippen LogP contribution in [-0.4, -0.2) is 62.7 Å². The van der Waals surface area contributed by atoms with Gasteiger partial charge in [0, 0.05) is 32.2 Å². The first-order chi connectivity index (χ1) is 16.4. The van der Waals surface area contributed by atoms with E-state index in [9.17, 15) is 18.0 Å². The number of carbonyl (C=O) groups excluding carboxylic acids is 2. The van der Waals surface area contributed by atoms with Crippen LogP contribution in [0.5, 0.6) is 0 Å². The van der Waals surface area contributed by atoms with Gasteiger partial charge in [0.25, 0.3) is 0 Å². The summed E-state index contributed by atoms with van der Waals surface area (Å²) in [6.07, 6.45) is 0.752. The summed E-state index contributed by atoms with van der Waals surface area (Å²) in [5.74, 6) is -0.813. The highest BCUT2D eigenvalue weighted by Crippen LogP contribution is 2.26. The Labute approximate surface area is 214 Å². The van der Waals surface area contributed by atoms with E-state index in [4.69, 9.17) is 11.6 Å². The second-order valence-electron chi connectivity index (χ2n) is 8.71. The lowest BCUT2D eigenvalue weighted by Crippen LogP contribution is -2.52. The largest absolute Gasteiger partial charge is 0.354 e. The van der Waals surface area contributed by atoms with E-state index in [-0.39, 0.29) is 12.5 Å².